The summed E-state index contributed by atoms with van der Waals surface area (Å²) in [5, 5.41) is 6.89. The van der Waals surface area contributed by atoms with E-state index >= 15 is 0 Å². The Morgan fingerprint density at radius 2 is 1.71 bits per heavy atom. The Bertz CT molecular complexity index is 654. The van der Waals surface area contributed by atoms with Crippen molar-refractivity contribution in [1.82, 2.24) is 5.32 Å². The molecule has 0 fully saturated rings. The fourth-order valence-corrected chi connectivity index (χ4v) is 2.62. The number of hydrogen-bond donors (Lipinski definition) is 2. The van der Waals surface area contributed by atoms with E-state index < -0.39 is 0 Å². The second-order valence-corrected chi connectivity index (χ2v) is 6.37. The van der Waals surface area contributed by atoms with Gasteiger partial charge in [0.25, 0.3) is 0 Å². The molecule has 0 radical (unpaired) electrons. The predicted octanol–water partition coefficient (Wildman–Crippen LogP) is 4.27. The molecule has 5 heteroatoms. The standard InChI is InChI=1S/C19H23ClN2O2/c1-13(2)19(14-4-6-15(20)7-5-14)21-12-18(23)22-16-8-10-17(24-3)11-9-16/h4-11,13,19,21H,12H2,1-3H3,(H,22,23). The van der Waals surface area contributed by atoms with Crippen LogP contribution in [0.4, 0.5) is 5.69 Å². The lowest BCUT2D eigenvalue weighted by molar-refractivity contribution is -0.115. The molecule has 2 aromatic rings. The number of ether oxygens (including phenoxy) is 1. The summed E-state index contributed by atoms with van der Waals surface area (Å²) in [4.78, 5) is 12.2. The Morgan fingerprint density at radius 3 is 2.25 bits per heavy atom. The molecule has 0 aliphatic carbocycles. The summed E-state index contributed by atoms with van der Waals surface area (Å²) >= 11 is 5.94. The van der Waals surface area contributed by atoms with E-state index in [1.54, 1.807) is 7.11 Å². The molecule has 24 heavy (non-hydrogen) atoms. The van der Waals surface area contributed by atoms with Gasteiger partial charge in [-0.15, -0.1) is 0 Å². The van der Waals surface area contributed by atoms with Gasteiger partial charge < -0.3 is 15.4 Å². The minimum absolute atomic E-state index is 0.0835. The number of carbonyl (C=O) groups is 1. The van der Waals surface area contributed by atoms with Gasteiger partial charge in [-0.1, -0.05) is 37.6 Å². The van der Waals surface area contributed by atoms with Crippen LogP contribution in [0.2, 0.25) is 5.02 Å². The summed E-state index contributed by atoms with van der Waals surface area (Å²) in [6, 6.07) is 15.1. The van der Waals surface area contributed by atoms with Crippen LogP contribution in [-0.4, -0.2) is 19.6 Å². The molecule has 0 bridgehead atoms. The lowest BCUT2D eigenvalue weighted by Gasteiger charge is -2.23. The van der Waals surface area contributed by atoms with Gasteiger partial charge in [-0.2, -0.15) is 0 Å². The molecule has 2 aromatic carbocycles. The Morgan fingerprint density at radius 1 is 1.08 bits per heavy atom. The highest BCUT2D eigenvalue weighted by molar-refractivity contribution is 6.30. The molecule has 0 spiro atoms. The van der Waals surface area contributed by atoms with E-state index in [2.05, 4.69) is 24.5 Å². The SMILES string of the molecule is COc1ccc(NC(=O)CNC(c2ccc(Cl)cc2)C(C)C)cc1. The van der Waals surface area contributed by atoms with Crippen molar-refractivity contribution < 1.29 is 9.53 Å². The van der Waals surface area contributed by atoms with Gasteiger partial charge in [-0.25, -0.2) is 0 Å². The fourth-order valence-electron chi connectivity index (χ4n) is 2.49. The van der Waals surface area contributed by atoms with Gasteiger partial charge >= 0.3 is 0 Å². The molecule has 1 atom stereocenters. The highest BCUT2D eigenvalue weighted by Crippen LogP contribution is 2.23. The Kier molecular flexibility index (Phi) is 6.64. The van der Waals surface area contributed by atoms with E-state index in [4.69, 9.17) is 16.3 Å². The first-order chi connectivity index (χ1) is 11.5. The summed E-state index contributed by atoms with van der Waals surface area (Å²) in [7, 11) is 1.61. The number of carbonyl (C=O) groups excluding carboxylic acids is 1. The number of hydrogen-bond acceptors (Lipinski definition) is 3. The van der Waals surface area contributed by atoms with Crippen LogP contribution in [0, 0.1) is 5.92 Å². The van der Waals surface area contributed by atoms with Crippen LogP contribution >= 0.6 is 11.6 Å². The van der Waals surface area contributed by atoms with Gasteiger partial charge in [0.2, 0.25) is 5.91 Å². The highest BCUT2D eigenvalue weighted by Gasteiger charge is 2.16. The first-order valence-corrected chi connectivity index (χ1v) is 8.30. The second kappa shape index (κ2) is 8.71. The summed E-state index contributed by atoms with van der Waals surface area (Å²) in [5.41, 5.74) is 1.86. The van der Waals surface area contributed by atoms with Crippen LogP contribution in [0.25, 0.3) is 0 Å². The number of benzene rings is 2. The zero-order valence-electron chi connectivity index (χ0n) is 14.2. The van der Waals surface area contributed by atoms with E-state index in [-0.39, 0.29) is 18.5 Å². The minimum Gasteiger partial charge on any atom is -0.497 e. The average molecular weight is 347 g/mol. The largest absolute Gasteiger partial charge is 0.497 e. The van der Waals surface area contributed by atoms with Gasteiger partial charge in [0.1, 0.15) is 5.75 Å². The third kappa shape index (κ3) is 5.25. The number of amides is 1. The molecule has 0 aromatic heterocycles. The first kappa shape index (κ1) is 18.3. The van der Waals surface area contributed by atoms with E-state index in [1.807, 2.05) is 48.5 Å². The monoisotopic (exact) mass is 346 g/mol. The van der Waals surface area contributed by atoms with Gasteiger partial charge in [0.15, 0.2) is 0 Å². The Hall–Kier alpha value is -2.04. The van der Waals surface area contributed by atoms with Crippen LogP contribution in [0.3, 0.4) is 0 Å². The summed E-state index contributed by atoms with van der Waals surface area (Å²) in [5.74, 6) is 1.02. The van der Waals surface area contributed by atoms with Crippen molar-refractivity contribution in [3.63, 3.8) is 0 Å². The van der Waals surface area contributed by atoms with E-state index in [9.17, 15) is 4.79 Å². The normalized spacial score (nSPS) is 12.0. The number of rotatable bonds is 7. The summed E-state index contributed by atoms with van der Waals surface area (Å²) in [6.45, 7) is 4.47. The van der Waals surface area contributed by atoms with Crippen LogP contribution in [0.15, 0.2) is 48.5 Å². The van der Waals surface area contributed by atoms with Crippen molar-refractivity contribution in [3.05, 3.63) is 59.1 Å². The van der Waals surface area contributed by atoms with Crippen LogP contribution in [0.1, 0.15) is 25.5 Å². The molecular formula is C19H23ClN2O2. The molecule has 0 saturated heterocycles. The summed E-state index contributed by atoms with van der Waals surface area (Å²) < 4.78 is 5.10. The third-order valence-corrected chi connectivity index (χ3v) is 4.00. The quantitative estimate of drug-likeness (QED) is 0.787. The maximum Gasteiger partial charge on any atom is 0.238 e. The van der Waals surface area contributed by atoms with Gasteiger partial charge in [-0.05, 0) is 47.9 Å². The van der Waals surface area contributed by atoms with Crippen LogP contribution in [-0.2, 0) is 4.79 Å². The fraction of sp³-hybridized carbons (Fsp3) is 0.316. The maximum absolute atomic E-state index is 12.2. The molecule has 0 aliphatic heterocycles. The molecule has 4 nitrogen and oxygen atoms in total. The van der Waals surface area contributed by atoms with E-state index in [0.717, 1.165) is 17.0 Å². The lowest BCUT2D eigenvalue weighted by atomic mass is 9.96. The van der Waals surface area contributed by atoms with Crippen LogP contribution in [0.5, 0.6) is 5.75 Å². The van der Waals surface area contributed by atoms with Crippen LogP contribution < -0.4 is 15.4 Å². The van der Waals surface area contributed by atoms with Gasteiger partial charge in [-0.3, -0.25) is 4.79 Å². The number of methoxy groups -OCH3 is 1. The van der Waals surface area contributed by atoms with E-state index in [0.29, 0.717) is 10.9 Å². The predicted molar refractivity (Wildman–Crippen MR) is 98.7 cm³/mol. The van der Waals surface area contributed by atoms with Crippen molar-refractivity contribution in [2.24, 2.45) is 5.92 Å². The second-order valence-electron chi connectivity index (χ2n) is 5.93. The zero-order valence-corrected chi connectivity index (χ0v) is 14.9. The molecule has 2 N–H and O–H groups in total. The number of halogens is 1. The maximum atomic E-state index is 12.2. The molecule has 0 heterocycles. The molecule has 2 rings (SSSR count). The van der Waals surface area contributed by atoms with Crippen molar-refractivity contribution >= 4 is 23.2 Å². The van der Waals surface area contributed by atoms with Gasteiger partial charge in [0, 0.05) is 16.8 Å². The third-order valence-electron chi connectivity index (χ3n) is 3.75. The number of nitrogens with one attached hydrogen (secondary N) is 2. The summed E-state index contributed by atoms with van der Waals surface area (Å²) in [6.07, 6.45) is 0. The average Bonchev–Trinajstić information content (AvgIpc) is 2.57. The van der Waals surface area contributed by atoms with Gasteiger partial charge in [0.05, 0.1) is 13.7 Å². The Balaban J connectivity index is 1.93. The Labute approximate surface area is 148 Å². The highest BCUT2D eigenvalue weighted by atomic mass is 35.5. The smallest absolute Gasteiger partial charge is 0.238 e. The topological polar surface area (TPSA) is 50.4 Å². The van der Waals surface area contributed by atoms with E-state index in [1.165, 1.54) is 0 Å². The molecule has 1 unspecified atom stereocenters. The molecule has 0 aliphatic rings. The van der Waals surface area contributed by atoms with Crippen molar-refractivity contribution in [3.8, 4) is 5.75 Å². The zero-order chi connectivity index (χ0) is 17.5. The number of anilines is 1. The molecule has 128 valence electrons. The lowest BCUT2D eigenvalue weighted by Crippen LogP contribution is -2.33. The van der Waals surface area contributed by atoms with Crippen molar-refractivity contribution in [2.75, 3.05) is 19.0 Å². The molecule has 0 saturated carbocycles. The minimum atomic E-state index is -0.0835. The molecular weight excluding hydrogens is 324 g/mol. The van der Waals surface area contributed by atoms with Crippen molar-refractivity contribution in [1.29, 1.82) is 0 Å². The van der Waals surface area contributed by atoms with Crippen molar-refractivity contribution in [2.45, 2.75) is 19.9 Å². The first-order valence-electron chi connectivity index (χ1n) is 7.92. The molecule has 1 amide bonds.